The molecule has 0 saturated heterocycles. The zero-order valence-electron chi connectivity index (χ0n) is 15.6. The second kappa shape index (κ2) is 8.44. The number of amides is 1. The smallest absolute Gasteiger partial charge is 0.283 e. The summed E-state index contributed by atoms with van der Waals surface area (Å²) >= 11 is 9.32. The maximum Gasteiger partial charge on any atom is 0.283 e. The first-order valence-corrected chi connectivity index (χ1v) is 10.8. The standard InChI is InChI=1S/C20H16ClN3O3S2/c1-12-22-13(10-28-12)11-29-20-23-17(9-15-4-3-7-27-15)19(25)24(20)14-5-6-18(26-2)16(21)8-14/h3-10H,11H2,1-2H3/b17-9+. The van der Waals surface area contributed by atoms with Crippen LogP contribution in [0.4, 0.5) is 5.69 Å². The van der Waals surface area contributed by atoms with E-state index in [9.17, 15) is 4.79 Å². The van der Waals surface area contributed by atoms with Gasteiger partial charge < -0.3 is 9.15 Å². The molecule has 0 radical (unpaired) electrons. The summed E-state index contributed by atoms with van der Waals surface area (Å²) in [4.78, 5) is 23.7. The fraction of sp³-hybridized carbons (Fsp3) is 0.150. The minimum absolute atomic E-state index is 0.250. The Bertz CT molecular complexity index is 1110. The van der Waals surface area contributed by atoms with Crippen molar-refractivity contribution in [2.75, 3.05) is 12.0 Å². The SMILES string of the molecule is COc1ccc(N2C(=O)/C(=C\c3ccco3)N=C2SCc2csc(C)n2)cc1Cl. The minimum atomic E-state index is -0.250. The molecule has 1 aliphatic heterocycles. The Hall–Kier alpha value is -2.55. The number of aryl methyl sites for hydroxylation is 1. The summed E-state index contributed by atoms with van der Waals surface area (Å²) in [6, 6.07) is 8.73. The number of hydrogen-bond acceptors (Lipinski definition) is 7. The zero-order valence-corrected chi connectivity index (χ0v) is 18.0. The Morgan fingerprint density at radius 2 is 2.24 bits per heavy atom. The Morgan fingerprint density at radius 1 is 1.38 bits per heavy atom. The lowest BCUT2D eigenvalue weighted by molar-refractivity contribution is -0.113. The van der Waals surface area contributed by atoms with Crippen molar-refractivity contribution in [1.29, 1.82) is 0 Å². The summed E-state index contributed by atoms with van der Waals surface area (Å²) in [6.45, 7) is 1.96. The number of halogens is 1. The van der Waals surface area contributed by atoms with Crippen molar-refractivity contribution in [3.63, 3.8) is 0 Å². The van der Waals surface area contributed by atoms with Crippen LogP contribution in [0.15, 0.2) is 57.1 Å². The van der Waals surface area contributed by atoms with E-state index in [1.54, 1.807) is 66.0 Å². The topological polar surface area (TPSA) is 67.9 Å². The second-order valence-corrected chi connectivity index (χ2v) is 8.46. The van der Waals surface area contributed by atoms with Gasteiger partial charge in [-0.15, -0.1) is 11.3 Å². The van der Waals surface area contributed by atoms with Crippen LogP contribution < -0.4 is 9.64 Å². The number of benzene rings is 1. The number of nitrogens with zero attached hydrogens (tertiary/aromatic N) is 3. The number of thioether (sulfide) groups is 1. The molecule has 0 bridgehead atoms. The highest BCUT2D eigenvalue weighted by molar-refractivity contribution is 8.13. The van der Waals surface area contributed by atoms with Crippen molar-refractivity contribution in [2.24, 2.45) is 4.99 Å². The third-order valence-corrected chi connectivity index (χ3v) is 6.15. The van der Waals surface area contributed by atoms with Crippen LogP contribution in [0, 0.1) is 6.92 Å². The molecule has 29 heavy (non-hydrogen) atoms. The summed E-state index contributed by atoms with van der Waals surface area (Å²) in [5.41, 5.74) is 1.86. The summed E-state index contributed by atoms with van der Waals surface area (Å²) in [7, 11) is 1.55. The first-order chi connectivity index (χ1) is 14.0. The summed E-state index contributed by atoms with van der Waals surface area (Å²) in [6.07, 6.45) is 3.18. The van der Waals surface area contributed by atoms with E-state index in [0.29, 0.717) is 38.8 Å². The van der Waals surface area contributed by atoms with E-state index in [0.717, 1.165) is 10.7 Å². The average Bonchev–Trinajstić information content (AvgIpc) is 3.42. The number of thiazole rings is 1. The van der Waals surface area contributed by atoms with Crippen molar-refractivity contribution < 1.29 is 13.9 Å². The van der Waals surface area contributed by atoms with Gasteiger partial charge in [-0.3, -0.25) is 9.69 Å². The molecule has 6 nitrogen and oxygen atoms in total. The quantitative estimate of drug-likeness (QED) is 0.493. The Kier molecular flexibility index (Phi) is 5.75. The van der Waals surface area contributed by atoms with Crippen molar-refractivity contribution >= 4 is 57.5 Å². The van der Waals surface area contributed by atoms with Crippen LogP contribution in [0.2, 0.25) is 5.02 Å². The van der Waals surface area contributed by atoms with E-state index in [1.807, 2.05) is 12.3 Å². The van der Waals surface area contributed by atoms with Gasteiger partial charge in [-0.1, -0.05) is 23.4 Å². The molecule has 4 rings (SSSR count). The molecule has 2 aromatic heterocycles. The van der Waals surface area contributed by atoms with E-state index in [2.05, 4.69) is 9.98 Å². The van der Waals surface area contributed by atoms with Crippen LogP contribution in [0.5, 0.6) is 5.75 Å². The second-order valence-electron chi connectivity index (χ2n) is 6.05. The van der Waals surface area contributed by atoms with Crippen LogP contribution in [0.1, 0.15) is 16.5 Å². The molecule has 0 aliphatic carbocycles. The van der Waals surface area contributed by atoms with E-state index < -0.39 is 0 Å². The number of methoxy groups -OCH3 is 1. The fourth-order valence-electron chi connectivity index (χ4n) is 2.74. The maximum atomic E-state index is 13.1. The summed E-state index contributed by atoms with van der Waals surface area (Å²) < 4.78 is 10.5. The van der Waals surface area contributed by atoms with Gasteiger partial charge in [0.2, 0.25) is 0 Å². The van der Waals surface area contributed by atoms with Gasteiger partial charge in [0.05, 0.1) is 34.8 Å². The monoisotopic (exact) mass is 445 g/mol. The summed E-state index contributed by atoms with van der Waals surface area (Å²) in [5.74, 6) is 1.45. The number of aromatic nitrogens is 1. The number of amidine groups is 1. The zero-order chi connectivity index (χ0) is 20.4. The van der Waals surface area contributed by atoms with Crippen molar-refractivity contribution in [3.8, 4) is 5.75 Å². The lowest BCUT2D eigenvalue weighted by Crippen LogP contribution is -2.30. The molecular weight excluding hydrogens is 430 g/mol. The van der Waals surface area contributed by atoms with Crippen LogP contribution in [-0.4, -0.2) is 23.2 Å². The Labute approximate surface area is 180 Å². The van der Waals surface area contributed by atoms with Crippen LogP contribution in [0.3, 0.4) is 0 Å². The molecule has 148 valence electrons. The van der Waals surface area contributed by atoms with Gasteiger partial charge in [0, 0.05) is 17.2 Å². The predicted octanol–water partition coefficient (Wildman–Crippen LogP) is 5.38. The number of rotatable bonds is 5. The molecule has 0 fully saturated rings. The Morgan fingerprint density at radius 3 is 2.90 bits per heavy atom. The van der Waals surface area contributed by atoms with E-state index >= 15 is 0 Å². The van der Waals surface area contributed by atoms with Crippen LogP contribution in [0.25, 0.3) is 6.08 Å². The number of anilines is 1. The molecule has 0 unspecified atom stereocenters. The lowest BCUT2D eigenvalue weighted by Gasteiger charge is -2.18. The van der Waals surface area contributed by atoms with Gasteiger partial charge in [-0.05, 0) is 37.3 Å². The molecule has 0 spiro atoms. The van der Waals surface area contributed by atoms with Crippen LogP contribution >= 0.6 is 34.7 Å². The molecule has 1 aliphatic rings. The summed E-state index contributed by atoms with van der Waals surface area (Å²) in [5, 5.41) is 3.98. The van der Waals surface area contributed by atoms with E-state index in [1.165, 1.54) is 11.8 Å². The molecule has 1 amide bonds. The molecule has 3 aromatic rings. The first-order valence-electron chi connectivity index (χ1n) is 8.61. The van der Waals surface area contributed by atoms with Gasteiger partial charge in [0.25, 0.3) is 5.91 Å². The molecule has 3 heterocycles. The first kappa shape index (κ1) is 19.8. The van der Waals surface area contributed by atoms with Crippen molar-refractivity contribution in [3.05, 3.63) is 69.2 Å². The highest BCUT2D eigenvalue weighted by Crippen LogP contribution is 2.35. The predicted molar refractivity (Wildman–Crippen MR) is 118 cm³/mol. The molecule has 0 saturated carbocycles. The van der Waals surface area contributed by atoms with Gasteiger partial charge in [0.1, 0.15) is 17.2 Å². The third-order valence-electron chi connectivity index (χ3n) is 4.06. The number of carbonyl (C=O) groups is 1. The highest BCUT2D eigenvalue weighted by Gasteiger charge is 2.32. The average molecular weight is 446 g/mol. The normalized spacial score (nSPS) is 15.3. The lowest BCUT2D eigenvalue weighted by atomic mass is 10.2. The minimum Gasteiger partial charge on any atom is -0.495 e. The maximum absolute atomic E-state index is 13.1. The molecule has 0 N–H and O–H groups in total. The van der Waals surface area contributed by atoms with Crippen molar-refractivity contribution in [2.45, 2.75) is 12.7 Å². The van der Waals surface area contributed by atoms with Crippen LogP contribution in [-0.2, 0) is 10.5 Å². The number of aliphatic imine (C=N–C) groups is 1. The largest absolute Gasteiger partial charge is 0.495 e. The van der Waals surface area contributed by atoms with Gasteiger partial charge in [0.15, 0.2) is 5.17 Å². The van der Waals surface area contributed by atoms with Gasteiger partial charge in [-0.2, -0.15) is 0 Å². The number of ether oxygens (including phenoxy) is 1. The molecule has 0 atom stereocenters. The highest BCUT2D eigenvalue weighted by atomic mass is 35.5. The third kappa shape index (κ3) is 4.24. The number of hydrogen-bond donors (Lipinski definition) is 0. The van der Waals surface area contributed by atoms with E-state index in [4.69, 9.17) is 20.8 Å². The molecule has 1 aromatic carbocycles. The molecule has 9 heteroatoms. The van der Waals surface area contributed by atoms with Crippen molar-refractivity contribution in [1.82, 2.24) is 4.98 Å². The number of carbonyl (C=O) groups excluding carboxylic acids is 1. The fourth-order valence-corrected chi connectivity index (χ4v) is 4.61. The van der Waals surface area contributed by atoms with Gasteiger partial charge in [-0.25, -0.2) is 9.98 Å². The van der Waals surface area contributed by atoms with Gasteiger partial charge >= 0.3 is 0 Å². The number of furan rings is 1. The Balaban J connectivity index is 1.67. The molecular formula is C20H16ClN3O3S2. The van der Waals surface area contributed by atoms with E-state index in [-0.39, 0.29) is 5.91 Å².